The summed E-state index contributed by atoms with van der Waals surface area (Å²) in [7, 11) is 0. The zero-order chi connectivity index (χ0) is 12.1. The molecule has 2 saturated heterocycles. The van der Waals surface area contributed by atoms with E-state index in [-0.39, 0.29) is 5.60 Å². The third-order valence-corrected chi connectivity index (χ3v) is 4.85. The van der Waals surface area contributed by atoms with Crippen LogP contribution in [0.5, 0.6) is 0 Å². The molecule has 2 aliphatic heterocycles. The van der Waals surface area contributed by atoms with Crippen molar-refractivity contribution in [3.63, 3.8) is 0 Å². The van der Waals surface area contributed by atoms with Gasteiger partial charge in [0, 0.05) is 6.92 Å². The molecule has 4 rings (SSSR count). The second-order valence-corrected chi connectivity index (χ2v) is 5.94. The van der Waals surface area contributed by atoms with E-state index in [0.29, 0.717) is 17.2 Å². The van der Waals surface area contributed by atoms with Crippen molar-refractivity contribution in [3.05, 3.63) is 11.7 Å². The summed E-state index contributed by atoms with van der Waals surface area (Å²) in [5.41, 5.74) is 0.134. The number of aromatic nitrogens is 2. The predicted molar refractivity (Wildman–Crippen MR) is 62.4 cm³/mol. The maximum Gasteiger partial charge on any atom is 0.223 e. The van der Waals surface area contributed by atoms with Crippen LogP contribution in [-0.2, 0) is 10.3 Å². The molecule has 4 nitrogen and oxygen atoms in total. The summed E-state index contributed by atoms with van der Waals surface area (Å²) < 4.78 is 11.2. The summed E-state index contributed by atoms with van der Waals surface area (Å²) >= 11 is 0. The number of nitrogens with zero attached hydrogens (tertiary/aromatic N) is 2. The Kier molecular flexibility index (Phi) is 2.34. The highest BCUT2D eigenvalue weighted by molar-refractivity contribution is 5.09. The molecule has 17 heavy (non-hydrogen) atoms. The number of aryl methyl sites for hydroxylation is 1. The van der Waals surface area contributed by atoms with Gasteiger partial charge in [-0.1, -0.05) is 19.0 Å². The summed E-state index contributed by atoms with van der Waals surface area (Å²) in [4.78, 5) is 4.37. The molecular formula is C13H20N2O2. The van der Waals surface area contributed by atoms with Crippen LogP contribution in [0, 0.1) is 18.3 Å². The average Bonchev–Trinajstić information content (AvgIpc) is 2.79. The lowest BCUT2D eigenvalue weighted by Crippen LogP contribution is -2.51. The first kappa shape index (κ1) is 11.2. The highest BCUT2D eigenvalue weighted by Gasteiger charge is 2.53. The van der Waals surface area contributed by atoms with Gasteiger partial charge in [0.25, 0.3) is 0 Å². The van der Waals surface area contributed by atoms with Gasteiger partial charge in [0.2, 0.25) is 11.7 Å². The second-order valence-electron chi connectivity index (χ2n) is 5.94. The molecule has 0 N–H and O–H groups in total. The normalized spacial score (nSPS) is 36.7. The lowest BCUT2D eigenvalue weighted by Gasteiger charge is -2.53. The lowest BCUT2D eigenvalue weighted by atomic mass is 9.61. The fourth-order valence-electron chi connectivity index (χ4n) is 3.24. The Balaban J connectivity index is 1.86. The molecule has 3 fully saturated rings. The van der Waals surface area contributed by atoms with Gasteiger partial charge in [-0.05, 0) is 37.0 Å². The second kappa shape index (κ2) is 3.55. The summed E-state index contributed by atoms with van der Waals surface area (Å²) in [5, 5.41) is 4.06. The molecule has 1 aromatic heterocycles. The van der Waals surface area contributed by atoms with Crippen LogP contribution >= 0.6 is 0 Å². The molecule has 2 bridgehead atoms. The lowest BCUT2D eigenvalue weighted by molar-refractivity contribution is -0.206. The van der Waals surface area contributed by atoms with Crippen molar-refractivity contribution in [1.29, 1.82) is 0 Å². The van der Waals surface area contributed by atoms with Crippen LogP contribution in [-0.4, -0.2) is 16.7 Å². The van der Waals surface area contributed by atoms with Gasteiger partial charge in [-0.25, -0.2) is 0 Å². The van der Waals surface area contributed by atoms with E-state index in [2.05, 4.69) is 24.0 Å². The molecule has 0 atom stereocenters. The molecule has 1 saturated carbocycles. The Morgan fingerprint density at radius 2 is 1.88 bits per heavy atom. The van der Waals surface area contributed by atoms with Crippen molar-refractivity contribution < 1.29 is 9.26 Å². The van der Waals surface area contributed by atoms with Crippen LogP contribution < -0.4 is 0 Å². The van der Waals surface area contributed by atoms with Crippen LogP contribution in [0.3, 0.4) is 0 Å². The fraction of sp³-hybridized carbons (Fsp3) is 0.846. The molecule has 3 heterocycles. The molecule has 94 valence electrons. The molecule has 4 heteroatoms. The third kappa shape index (κ3) is 1.53. The van der Waals surface area contributed by atoms with Crippen molar-refractivity contribution in [2.75, 3.05) is 6.61 Å². The van der Waals surface area contributed by atoms with Crippen LogP contribution in [0.15, 0.2) is 4.52 Å². The molecule has 0 radical (unpaired) electrons. The number of hydrogen-bond acceptors (Lipinski definition) is 4. The zero-order valence-corrected chi connectivity index (χ0v) is 10.8. The van der Waals surface area contributed by atoms with Gasteiger partial charge in [-0.2, -0.15) is 4.98 Å². The maximum absolute atomic E-state index is 6.14. The van der Waals surface area contributed by atoms with E-state index < -0.39 is 0 Å². The first-order chi connectivity index (χ1) is 8.06. The van der Waals surface area contributed by atoms with Crippen LogP contribution in [0.1, 0.15) is 51.2 Å². The topological polar surface area (TPSA) is 48.2 Å². The molecule has 0 spiro atoms. The number of ether oxygens (including phenoxy) is 1. The highest BCUT2D eigenvalue weighted by atomic mass is 16.5. The Bertz CT molecular complexity index is 400. The Morgan fingerprint density at radius 1 is 1.18 bits per heavy atom. The first-order valence-corrected chi connectivity index (χ1v) is 6.51. The monoisotopic (exact) mass is 236 g/mol. The fourth-order valence-corrected chi connectivity index (χ4v) is 3.24. The first-order valence-electron chi connectivity index (χ1n) is 6.51. The Hall–Kier alpha value is -0.900. The number of fused-ring (bicyclic) bond motifs is 3. The van der Waals surface area contributed by atoms with E-state index >= 15 is 0 Å². The molecule has 0 unspecified atom stereocenters. The minimum atomic E-state index is -0.256. The summed E-state index contributed by atoms with van der Waals surface area (Å²) in [5.74, 6) is 2.07. The molecule has 3 aliphatic rings. The van der Waals surface area contributed by atoms with Gasteiger partial charge in [-0.3, -0.25) is 0 Å². The minimum absolute atomic E-state index is 0.256. The summed E-state index contributed by atoms with van der Waals surface area (Å²) in [6.45, 7) is 7.29. The number of rotatable bonds is 2. The molecule has 0 amide bonds. The summed E-state index contributed by atoms with van der Waals surface area (Å²) in [6.07, 6.45) is 4.50. The van der Waals surface area contributed by atoms with E-state index in [0.717, 1.165) is 25.3 Å². The van der Waals surface area contributed by atoms with Crippen molar-refractivity contribution in [1.82, 2.24) is 10.1 Å². The van der Waals surface area contributed by atoms with Crippen molar-refractivity contribution in [3.8, 4) is 0 Å². The van der Waals surface area contributed by atoms with Crippen molar-refractivity contribution in [2.24, 2.45) is 11.3 Å². The standard InChI is InChI=1S/C13H20N2O2/c1-9(2)12-4-6-13(7-5-12,16-8-12)11-14-10(3)17-15-11/h9H,4-8H2,1-3H3. The minimum Gasteiger partial charge on any atom is -0.366 e. The van der Waals surface area contributed by atoms with Crippen LogP contribution in [0.4, 0.5) is 0 Å². The quantitative estimate of drug-likeness (QED) is 0.792. The van der Waals surface area contributed by atoms with E-state index in [1.165, 1.54) is 12.8 Å². The largest absolute Gasteiger partial charge is 0.366 e. The SMILES string of the molecule is Cc1nc(C23CCC(C(C)C)(CC2)CO3)no1. The van der Waals surface area contributed by atoms with Gasteiger partial charge >= 0.3 is 0 Å². The van der Waals surface area contributed by atoms with Gasteiger partial charge < -0.3 is 9.26 Å². The van der Waals surface area contributed by atoms with Gasteiger partial charge in [0.1, 0.15) is 5.60 Å². The Morgan fingerprint density at radius 3 is 2.29 bits per heavy atom. The third-order valence-electron chi connectivity index (χ3n) is 4.85. The van der Waals surface area contributed by atoms with Crippen LogP contribution in [0.25, 0.3) is 0 Å². The van der Waals surface area contributed by atoms with Gasteiger partial charge in [-0.15, -0.1) is 0 Å². The van der Waals surface area contributed by atoms with E-state index in [9.17, 15) is 0 Å². The van der Waals surface area contributed by atoms with Crippen LogP contribution in [0.2, 0.25) is 0 Å². The smallest absolute Gasteiger partial charge is 0.223 e. The van der Waals surface area contributed by atoms with E-state index in [1.807, 2.05) is 6.92 Å². The maximum atomic E-state index is 6.14. The highest BCUT2D eigenvalue weighted by Crippen LogP contribution is 2.55. The van der Waals surface area contributed by atoms with Crippen molar-refractivity contribution in [2.45, 2.75) is 52.1 Å². The average molecular weight is 236 g/mol. The van der Waals surface area contributed by atoms with E-state index in [4.69, 9.17) is 9.26 Å². The summed E-state index contributed by atoms with van der Waals surface area (Å²) in [6, 6.07) is 0. The van der Waals surface area contributed by atoms with Gasteiger partial charge in [0.05, 0.1) is 6.61 Å². The molecule has 0 aromatic carbocycles. The predicted octanol–water partition coefficient (Wildman–Crippen LogP) is 2.82. The van der Waals surface area contributed by atoms with Gasteiger partial charge in [0.15, 0.2) is 0 Å². The Labute approximate surface area is 102 Å². The van der Waals surface area contributed by atoms with E-state index in [1.54, 1.807) is 0 Å². The van der Waals surface area contributed by atoms with Crippen molar-refractivity contribution >= 4 is 0 Å². The molecule has 1 aliphatic carbocycles. The molecule has 1 aromatic rings. The zero-order valence-electron chi connectivity index (χ0n) is 10.8. The number of hydrogen-bond donors (Lipinski definition) is 0. The molecular weight excluding hydrogens is 216 g/mol.